The second-order valence-corrected chi connectivity index (χ2v) is 6.28. The van der Waals surface area contributed by atoms with E-state index in [-0.39, 0.29) is 18.2 Å². The molecular formula is C21H22N4O2. The average Bonchev–Trinajstić information content (AvgIpc) is 2.97. The van der Waals surface area contributed by atoms with Crippen LogP contribution in [0.25, 0.3) is 5.69 Å². The first kappa shape index (κ1) is 18.4. The Morgan fingerprint density at radius 3 is 2.30 bits per heavy atom. The number of benzene rings is 2. The van der Waals surface area contributed by atoms with Crippen LogP contribution in [0.5, 0.6) is 0 Å². The van der Waals surface area contributed by atoms with Crippen LogP contribution in [0.3, 0.4) is 0 Å². The maximum absolute atomic E-state index is 12.5. The molecule has 0 aliphatic heterocycles. The molecule has 27 heavy (non-hydrogen) atoms. The Morgan fingerprint density at radius 2 is 1.67 bits per heavy atom. The van der Waals surface area contributed by atoms with Crippen LogP contribution in [0.1, 0.15) is 27.3 Å². The first-order valence-electron chi connectivity index (χ1n) is 8.72. The smallest absolute Gasteiger partial charge is 0.251 e. The number of hydrogen-bond donors (Lipinski definition) is 2. The van der Waals surface area contributed by atoms with Crippen molar-refractivity contribution in [1.29, 1.82) is 0 Å². The molecule has 0 saturated carbocycles. The van der Waals surface area contributed by atoms with Gasteiger partial charge >= 0.3 is 0 Å². The van der Waals surface area contributed by atoms with E-state index in [1.54, 1.807) is 31.3 Å². The minimum Gasteiger partial charge on any atom is -0.355 e. The van der Waals surface area contributed by atoms with Crippen LogP contribution in [0.15, 0.2) is 54.6 Å². The lowest BCUT2D eigenvalue weighted by molar-refractivity contribution is -0.115. The molecule has 138 valence electrons. The Balaban J connectivity index is 1.73. The molecule has 3 aromatic rings. The van der Waals surface area contributed by atoms with Crippen molar-refractivity contribution in [3.63, 3.8) is 0 Å². The van der Waals surface area contributed by atoms with Crippen LogP contribution < -0.4 is 10.6 Å². The number of carbonyl (C=O) groups is 2. The maximum atomic E-state index is 12.5. The van der Waals surface area contributed by atoms with Gasteiger partial charge in [0.25, 0.3) is 5.91 Å². The number of hydrogen-bond acceptors (Lipinski definition) is 3. The number of aromatic nitrogens is 2. The third-order valence-corrected chi connectivity index (χ3v) is 4.44. The molecule has 0 bridgehead atoms. The molecule has 2 aromatic carbocycles. The van der Waals surface area contributed by atoms with Gasteiger partial charge in [-0.3, -0.25) is 9.59 Å². The first-order chi connectivity index (χ1) is 13.0. The van der Waals surface area contributed by atoms with Gasteiger partial charge in [0.2, 0.25) is 5.91 Å². The third-order valence-electron chi connectivity index (χ3n) is 4.44. The first-order valence-corrected chi connectivity index (χ1v) is 8.72. The lowest BCUT2D eigenvalue weighted by Crippen LogP contribution is -2.18. The summed E-state index contributed by atoms with van der Waals surface area (Å²) in [6.07, 6.45) is 0.238. The highest BCUT2D eigenvalue weighted by molar-refractivity contribution is 5.96. The molecule has 0 aliphatic carbocycles. The SMILES string of the molecule is CNC(=O)c1ccc(NC(=O)Cc2c(C)nn(-c3ccccc3)c2C)cc1. The number of para-hydroxylation sites is 1. The van der Waals surface area contributed by atoms with Crippen molar-refractivity contribution in [2.24, 2.45) is 0 Å². The van der Waals surface area contributed by atoms with E-state index in [9.17, 15) is 9.59 Å². The van der Waals surface area contributed by atoms with Crippen molar-refractivity contribution in [1.82, 2.24) is 15.1 Å². The Hall–Kier alpha value is -3.41. The number of anilines is 1. The number of nitrogens with zero attached hydrogens (tertiary/aromatic N) is 2. The molecule has 6 nitrogen and oxygen atoms in total. The van der Waals surface area contributed by atoms with Crippen LogP contribution in [0, 0.1) is 13.8 Å². The van der Waals surface area contributed by atoms with Crippen molar-refractivity contribution >= 4 is 17.5 Å². The zero-order valence-electron chi connectivity index (χ0n) is 15.6. The summed E-state index contributed by atoms with van der Waals surface area (Å²) in [7, 11) is 1.58. The minimum absolute atomic E-state index is 0.124. The summed E-state index contributed by atoms with van der Waals surface area (Å²) in [5.74, 6) is -0.283. The Labute approximate surface area is 158 Å². The number of carbonyl (C=O) groups excluding carboxylic acids is 2. The number of nitrogens with one attached hydrogen (secondary N) is 2. The fourth-order valence-electron chi connectivity index (χ4n) is 2.97. The number of aryl methyl sites for hydroxylation is 1. The van der Waals surface area contributed by atoms with Gasteiger partial charge in [0.05, 0.1) is 17.8 Å². The Kier molecular flexibility index (Phi) is 5.35. The summed E-state index contributed by atoms with van der Waals surface area (Å²) in [5.41, 5.74) is 4.86. The molecule has 6 heteroatoms. The van der Waals surface area contributed by atoms with Gasteiger partial charge in [-0.15, -0.1) is 0 Å². The zero-order chi connectivity index (χ0) is 19.4. The average molecular weight is 362 g/mol. The van der Waals surface area contributed by atoms with Crippen LogP contribution in [-0.4, -0.2) is 28.6 Å². The molecule has 3 rings (SSSR count). The molecule has 2 N–H and O–H groups in total. The fourth-order valence-corrected chi connectivity index (χ4v) is 2.97. The van der Waals surface area contributed by atoms with E-state index in [4.69, 9.17) is 0 Å². The van der Waals surface area contributed by atoms with E-state index < -0.39 is 0 Å². The van der Waals surface area contributed by atoms with Crippen molar-refractivity contribution in [3.05, 3.63) is 77.1 Å². The quantitative estimate of drug-likeness (QED) is 0.732. The molecule has 0 radical (unpaired) electrons. The summed E-state index contributed by atoms with van der Waals surface area (Å²) in [6, 6.07) is 16.6. The third kappa shape index (κ3) is 4.06. The summed E-state index contributed by atoms with van der Waals surface area (Å²) in [5, 5.41) is 10.0. The molecule has 0 aliphatic rings. The highest BCUT2D eigenvalue weighted by Gasteiger charge is 2.16. The van der Waals surface area contributed by atoms with Crippen molar-refractivity contribution in [2.75, 3.05) is 12.4 Å². The highest BCUT2D eigenvalue weighted by Crippen LogP contribution is 2.19. The topological polar surface area (TPSA) is 76.0 Å². The lowest BCUT2D eigenvalue weighted by atomic mass is 10.1. The van der Waals surface area contributed by atoms with E-state index in [1.807, 2.05) is 48.9 Å². The van der Waals surface area contributed by atoms with Gasteiger partial charge in [0, 0.05) is 29.6 Å². The summed E-state index contributed by atoms with van der Waals surface area (Å²) in [4.78, 5) is 24.1. The van der Waals surface area contributed by atoms with Crippen LogP contribution in [0.2, 0.25) is 0 Å². The second-order valence-electron chi connectivity index (χ2n) is 6.28. The Morgan fingerprint density at radius 1 is 1.00 bits per heavy atom. The molecular weight excluding hydrogens is 340 g/mol. The lowest BCUT2D eigenvalue weighted by Gasteiger charge is -2.07. The van der Waals surface area contributed by atoms with Crippen molar-refractivity contribution in [3.8, 4) is 5.69 Å². The standard InChI is InChI=1S/C21H22N4O2/c1-14-19(15(2)25(24-14)18-7-5-4-6-8-18)13-20(26)23-17-11-9-16(10-12-17)21(27)22-3/h4-12H,13H2,1-3H3,(H,22,27)(H,23,26). The van der Waals surface area contributed by atoms with Crippen LogP contribution in [0.4, 0.5) is 5.69 Å². The number of amides is 2. The van der Waals surface area contributed by atoms with Gasteiger partial charge in [0.1, 0.15) is 0 Å². The van der Waals surface area contributed by atoms with Gasteiger partial charge in [-0.1, -0.05) is 18.2 Å². The van der Waals surface area contributed by atoms with Gasteiger partial charge in [-0.05, 0) is 50.2 Å². The van der Waals surface area contributed by atoms with Crippen molar-refractivity contribution < 1.29 is 9.59 Å². The van der Waals surface area contributed by atoms with E-state index in [2.05, 4.69) is 15.7 Å². The van der Waals surface area contributed by atoms with Gasteiger partial charge < -0.3 is 10.6 Å². The minimum atomic E-state index is -0.160. The fraction of sp³-hybridized carbons (Fsp3) is 0.190. The molecule has 1 heterocycles. The van der Waals surface area contributed by atoms with E-state index in [0.717, 1.165) is 22.6 Å². The number of rotatable bonds is 5. The monoisotopic (exact) mass is 362 g/mol. The Bertz CT molecular complexity index is 960. The summed E-state index contributed by atoms with van der Waals surface area (Å²) >= 11 is 0. The molecule has 0 spiro atoms. The summed E-state index contributed by atoms with van der Waals surface area (Å²) in [6.45, 7) is 3.88. The second kappa shape index (κ2) is 7.86. The van der Waals surface area contributed by atoms with Gasteiger partial charge in [-0.2, -0.15) is 5.10 Å². The molecule has 0 fully saturated rings. The molecule has 0 atom stereocenters. The van der Waals surface area contributed by atoms with E-state index in [0.29, 0.717) is 11.3 Å². The van der Waals surface area contributed by atoms with Gasteiger partial charge in [0.15, 0.2) is 0 Å². The van der Waals surface area contributed by atoms with Crippen LogP contribution >= 0.6 is 0 Å². The molecule has 2 amide bonds. The normalized spacial score (nSPS) is 10.5. The van der Waals surface area contributed by atoms with Crippen molar-refractivity contribution in [2.45, 2.75) is 20.3 Å². The predicted octanol–water partition coefficient (Wildman–Crippen LogP) is 3.03. The molecule has 0 saturated heterocycles. The van der Waals surface area contributed by atoms with E-state index in [1.165, 1.54) is 0 Å². The summed E-state index contributed by atoms with van der Waals surface area (Å²) < 4.78 is 1.86. The molecule has 1 aromatic heterocycles. The molecule has 0 unspecified atom stereocenters. The van der Waals surface area contributed by atoms with E-state index >= 15 is 0 Å². The zero-order valence-corrected chi connectivity index (χ0v) is 15.6. The largest absolute Gasteiger partial charge is 0.355 e. The van der Waals surface area contributed by atoms with Gasteiger partial charge in [-0.25, -0.2) is 4.68 Å². The van der Waals surface area contributed by atoms with Crippen LogP contribution in [-0.2, 0) is 11.2 Å². The predicted molar refractivity (Wildman–Crippen MR) is 105 cm³/mol. The highest BCUT2D eigenvalue weighted by atomic mass is 16.2. The maximum Gasteiger partial charge on any atom is 0.251 e.